The van der Waals surface area contributed by atoms with Crippen LogP contribution < -0.4 is 16.0 Å². The summed E-state index contributed by atoms with van der Waals surface area (Å²) >= 11 is 0. The quantitative estimate of drug-likeness (QED) is 0.464. The summed E-state index contributed by atoms with van der Waals surface area (Å²) in [5, 5.41) is 17.5. The third-order valence-electron chi connectivity index (χ3n) is 8.96. The molecule has 5 fully saturated rings. The highest BCUT2D eigenvalue weighted by Gasteiger charge is 2.60. The van der Waals surface area contributed by atoms with Crippen molar-refractivity contribution in [1.29, 1.82) is 0 Å². The molecule has 5 aliphatic rings. The zero-order chi connectivity index (χ0) is 26.4. The third kappa shape index (κ3) is 5.33. The zero-order valence-corrected chi connectivity index (χ0v) is 21.9. The number of hydrogen-bond acceptors (Lipinski definition) is 4. The summed E-state index contributed by atoms with van der Waals surface area (Å²) in [4.78, 5) is 39.8. The molecule has 1 aromatic rings. The van der Waals surface area contributed by atoms with Gasteiger partial charge in [-0.15, -0.1) is 0 Å². The van der Waals surface area contributed by atoms with E-state index in [2.05, 4.69) is 29.8 Å². The molecule has 1 heterocycles. The lowest BCUT2D eigenvalue weighted by Gasteiger charge is -2.65. The molecule has 0 spiro atoms. The molecular weight excluding hydrogens is 475 g/mol. The summed E-state index contributed by atoms with van der Waals surface area (Å²) < 4.78 is 15.0. The van der Waals surface area contributed by atoms with Gasteiger partial charge in [-0.25, -0.2) is 9.18 Å². The number of nitrogens with one attached hydrogen (secondary N) is 3. The third-order valence-corrected chi connectivity index (χ3v) is 8.96. The highest BCUT2D eigenvalue weighted by Crippen LogP contribution is 2.66. The summed E-state index contributed by atoms with van der Waals surface area (Å²) in [6.45, 7) is 5.46. The van der Waals surface area contributed by atoms with Crippen molar-refractivity contribution in [3.05, 3.63) is 29.6 Å². The number of urea groups is 1. The first-order valence-electron chi connectivity index (χ1n) is 13.6. The fourth-order valence-electron chi connectivity index (χ4n) is 8.61. The Morgan fingerprint density at radius 3 is 2.49 bits per heavy atom. The maximum Gasteiger partial charge on any atom is 0.319 e. The van der Waals surface area contributed by atoms with Gasteiger partial charge in [-0.3, -0.25) is 9.59 Å². The van der Waals surface area contributed by atoms with Crippen molar-refractivity contribution in [3.8, 4) is 0 Å². The van der Waals surface area contributed by atoms with Gasteiger partial charge in [0.1, 0.15) is 5.82 Å². The highest BCUT2D eigenvalue weighted by molar-refractivity contribution is 5.96. The lowest BCUT2D eigenvalue weighted by molar-refractivity contribution is -0.126. The second kappa shape index (κ2) is 9.57. The van der Waals surface area contributed by atoms with Crippen LogP contribution in [-0.2, 0) is 4.79 Å². The summed E-state index contributed by atoms with van der Waals surface area (Å²) in [6.07, 6.45) is 7.90. The van der Waals surface area contributed by atoms with E-state index in [0.29, 0.717) is 25.3 Å². The molecule has 4 bridgehead atoms. The Bertz CT molecular complexity index is 1080. The number of anilines is 1. The Morgan fingerprint density at radius 1 is 1.11 bits per heavy atom. The molecule has 4 saturated carbocycles. The molecular formula is C28H39FN4O4. The van der Waals surface area contributed by atoms with Crippen LogP contribution in [0.15, 0.2) is 18.2 Å². The first kappa shape index (κ1) is 25.9. The standard InChI is InChI=1S/C28H39FN4O4/c1-26-11-18-12-27(2,15-26)17-28(13-18,16-26)32-25(37)31-22-6-5-19(10-21(22)29)24(36)33-8-3-4-20(14-33)23(35)30-7-9-34/h5-6,10,18,20,34H,3-4,7-9,11-17H2,1-2H3,(H,30,35)(H2,31,32,37)/t18?,20?,26-,27+,28?. The van der Waals surface area contributed by atoms with E-state index in [1.54, 1.807) is 4.90 Å². The molecule has 1 saturated heterocycles. The number of amides is 4. The SMILES string of the molecule is C[C@]12CC3CC(NC(=O)Nc4ccc(C(=O)N5CCCC(C(=O)NCCO)C5)cc4F)(C1)C[C@@](C)(C3)C2. The van der Waals surface area contributed by atoms with Crippen molar-refractivity contribution in [2.24, 2.45) is 22.7 Å². The normalized spacial score (nSPS) is 34.2. The van der Waals surface area contributed by atoms with Crippen LogP contribution in [0, 0.1) is 28.5 Å². The number of carbonyl (C=O) groups excluding carboxylic acids is 3. The molecule has 8 nitrogen and oxygen atoms in total. The zero-order valence-electron chi connectivity index (χ0n) is 21.9. The average Bonchev–Trinajstić information content (AvgIpc) is 2.80. The fraction of sp³-hybridized carbons (Fsp3) is 0.679. The Kier molecular flexibility index (Phi) is 6.71. The van der Waals surface area contributed by atoms with Crippen molar-refractivity contribution in [1.82, 2.24) is 15.5 Å². The summed E-state index contributed by atoms with van der Waals surface area (Å²) in [5.74, 6) is -0.925. The van der Waals surface area contributed by atoms with E-state index in [9.17, 15) is 14.4 Å². The van der Waals surface area contributed by atoms with Crippen molar-refractivity contribution in [2.45, 2.75) is 70.8 Å². The number of nitrogens with zero attached hydrogens (tertiary/aromatic N) is 1. The van der Waals surface area contributed by atoms with Gasteiger partial charge in [0, 0.05) is 30.7 Å². The van der Waals surface area contributed by atoms with E-state index in [1.165, 1.54) is 31.4 Å². The maximum absolute atomic E-state index is 15.0. The molecule has 202 valence electrons. The largest absolute Gasteiger partial charge is 0.395 e. The van der Waals surface area contributed by atoms with Crippen LogP contribution in [0.1, 0.15) is 75.6 Å². The van der Waals surface area contributed by atoms with Gasteiger partial charge < -0.3 is 26.0 Å². The Hall–Kier alpha value is -2.68. The molecule has 1 aromatic carbocycles. The number of hydrogen-bond donors (Lipinski definition) is 4. The first-order valence-corrected chi connectivity index (χ1v) is 13.6. The molecule has 4 aliphatic carbocycles. The van der Waals surface area contributed by atoms with Gasteiger partial charge in [0.05, 0.1) is 18.2 Å². The van der Waals surface area contributed by atoms with Crippen molar-refractivity contribution in [3.63, 3.8) is 0 Å². The minimum absolute atomic E-state index is 0.0381. The van der Waals surface area contributed by atoms with Gasteiger partial charge >= 0.3 is 6.03 Å². The number of aliphatic hydroxyl groups is 1. The second-order valence-corrected chi connectivity index (χ2v) is 12.8. The number of aliphatic hydroxyl groups excluding tert-OH is 1. The van der Waals surface area contributed by atoms with Gasteiger partial charge in [0.2, 0.25) is 5.91 Å². The molecule has 4 N–H and O–H groups in total. The molecule has 4 amide bonds. The second-order valence-electron chi connectivity index (χ2n) is 12.8. The van der Waals surface area contributed by atoms with E-state index < -0.39 is 11.8 Å². The molecule has 0 aromatic heterocycles. The van der Waals surface area contributed by atoms with Crippen molar-refractivity contribution >= 4 is 23.5 Å². The van der Waals surface area contributed by atoms with E-state index in [4.69, 9.17) is 5.11 Å². The lowest BCUT2D eigenvalue weighted by atomic mass is 9.43. The predicted octanol–water partition coefficient (Wildman–Crippen LogP) is 3.66. The molecule has 5 atom stereocenters. The Labute approximate surface area is 217 Å². The fourth-order valence-corrected chi connectivity index (χ4v) is 8.61. The Balaban J connectivity index is 1.21. The molecule has 0 radical (unpaired) electrons. The van der Waals surface area contributed by atoms with Crippen LogP contribution >= 0.6 is 0 Å². The first-order chi connectivity index (χ1) is 17.5. The number of piperidine rings is 1. The minimum atomic E-state index is -0.667. The van der Waals surface area contributed by atoms with E-state index >= 15 is 4.39 Å². The van der Waals surface area contributed by atoms with Crippen LogP contribution in [0.5, 0.6) is 0 Å². The lowest BCUT2D eigenvalue weighted by Crippen LogP contribution is -2.65. The summed E-state index contributed by atoms with van der Waals surface area (Å²) in [5.41, 5.74) is 0.481. The van der Waals surface area contributed by atoms with Gasteiger partial charge in [0.25, 0.3) is 5.91 Å². The van der Waals surface area contributed by atoms with Crippen LogP contribution in [0.4, 0.5) is 14.9 Å². The van der Waals surface area contributed by atoms with E-state index in [0.717, 1.165) is 25.3 Å². The summed E-state index contributed by atoms with van der Waals surface area (Å²) in [7, 11) is 0. The van der Waals surface area contributed by atoms with Crippen LogP contribution in [0.3, 0.4) is 0 Å². The van der Waals surface area contributed by atoms with E-state index in [1.807, 2.05) is 0 Å². The van der Waals surface area contributed by atoms with Gasteiger partial charge in [-0.2, -0.15) is 0 Å². The average molecular weight is 515 g/mol. The van der Waals surface area contributed by atoms with Gasteiger partial charge in [-0.05, 0) is 86.3 Å². The number of carbonyl (C=O) groups is 3. The molecule has 3 unspecified atom stereocenters. The molecule has 1 aliphatic heterocycles. The van der Waals surface area contributed by atoms with E-state index in [-0.39, 0.29) is 65.0 Å². The molecule has 6 rings (SSSR count). The minimum Gasteiger partial charge on any atom is -0.395 e. The number of rotatable bonds is 6. The van der Waals surface area contributed by atoms with Crippen LogP contribution in [-0.4, -0.2) is 59.6 Å². The number of benzene rings is 1. The monoisotopic (exact) mass is 514 g/mol. The van der Waals surface area contributed by atoms with Crippen LogP contribution in [0.2, 0.25) is 0 Å². The van der Waals surface area contributed by atoms with Gasteiger partial charge in [-0.1, -0.05) is 13.8 Å². The smallest absolute Gasteiger partial charge is 0.319 e. The van der Waals surface area contributed by atoms with Crippen molar-refractivity contribution in [2.75, 3.05) is 31.6 Å². The maximum atomic E-state index is 15.0. The highest BCUT2D eigenvalue weighted by atomic mass is 19.1. The van der Waals surface area contributed by atoms with Gasteiger partial charge in [0.15, 0.2) is 0 Å². The van der Waals surface area contributed by atoms with Crippen LogP contribution in [0.25, 0.3) is 0 Å². The predicted molar refractivity (Wildman–Crippen MR) is 137 cm³/mol. The van der Waals surface area contributed by atoms with Crippen molar-refractivity contribution < 1.29 is 23.9 Å². The molecule has 9 heteroatoms. The topological polar surface area (TPSA) is 111 Å². The summed E-state index contributed by atoms with van der Waals surface area (Å²) in [6, 6.07) is 3.70. The number of likely N-dealkylation sites (tertiary alicyclic amines) is 1. The Morgan fingerprint density at radius 2 is 1.84 bits per heavy atom. The molecule has 37 heavy (non-hydrogen) atoms. The number of halogens is 1.